The third kappa shape index (κ3) is 5.40. The number of rotatable bonds is 7. The molecule has 0 aromatic heterocycles. The second-order valence-electron chi connectivity index (χ2n) is 4.45. The number of nitrogens with zero attached hydrogens (tertiary/aromatic N) is 1. The first kappa shape index (κ1) is 18.1. The summed E-state index contributed by atoms with van der Waals surface area (Å²) in [4.78, 5) is 16.6. The lowest BCUT2D eigenvalue weighted by molar-refractivity contribution is -0.138. The highest BCUT2D eigenvalue weighted by molar-refractivity contribution is 5.98. The molecule has 0 amide bonds. The zero-order chi connectivity index (χ0) is 17.2. The minimum Gasteiger partial charge on any atom is -0.500 e. The Bertz CT molecular complexity index is 655. The maximum Gasteiger partial charge on any atom is 0.377 e. The van der Waals surface area contributed by atoms with Gasteiger partial charge in [-0.2, -0.15) is 0 Å². The van der Waals surface area contributed by atoms with E-state index in [0.29, 0.717) is 11.5 Å². The maximum atomic E-state index is 11.7. The number of hydrogen-bond donors (Lipinski definition) is 0. The predicted molar refractivity (Wildman–Crippen MR) is 85.9 cm³/mol. The maximum absolute atomic E-state index is 11.7. The standard InChI is InChI=1S/C17H19NO5/c1-6-9-22-18-13(3)14-8-7-12(2)15(10-14)23-16(11-20-4)17(19)21-5/h1,7-8,10-11H,9H2,2-5H3. The molecule has 0 atom stereocenters. The molecule has 23 heavy (non-hydrogen) atoms. The number of carbonyl (C=O) groups is 1. The summed E-state index contributed by atoms with van der Waals surface area (Å²) in [6.45, 7) is 3.72. The fraction of sp³-hybridized carbons (Fsp3) is 0.294. The van der Waals surface area contributed by atoms with Crippen molar-refractivity contribution in [2.24, 2.45) is 5.16 Å². The van der Waals surface area contributed by atoms with Gasteiger partial charge in [-0.25, -0.2) is 4.79 Å². The highest BCUT2D eigenvalue weighted by atomic mass is 16.6. The van der Waals surface area contributed by atoms with Gasteiger partial charge in [0.2, 0.25) is 5.76 Å². The highest BCUT2D eigenvalue weighted by Gasteiger charge is 2.15. The van der Waals surface area contributed by atoms with Gasteiger partial charge in [0.05, 0.1) is 19.9 Å². The number of ether oxygens (including phenoxy) is 3. The zero-order valence-electron chi connectivity index (χ0n) is 13.6. The fourth-order valence-electron chi connectivity index (χ4n) is 1.59. The van der Waals surface area contributed by atoms with Crippen molar-refractivity contribution in [3.8, 4) is 18.1 Å². The van der Waals surface area contributed by atoms with E-state index in [2.05, 4.69) is 15.8 Å². The summed E-state index contributed by atoms with van der Waals surface area (Å²) in [5.74, 6) is 2.10. The van der Waals surface area contributed by atoms with Crippen LogP contribution in [0.1, 0.15) is 18.1 Å². The number of methoxy groups -OCH3 is 2. The normalized spacial score (nSPS) is 11.4. The molecule has 0 N–H and O–H groups in total. The van der Waals surface area contributed by atoms with Crippen LogP contribution >= 0.6 is 0 Å². The van der Waals surface area contributed by atoms with Crippen LogP contribution in [0.3, 0.4) is 0 Å². The van der Waals surface area contributed by atoms with Crippen molar-refractivity contribution in [1.29, 1.82) is 0 Å². The van der Waals surface area contributed by atoms with Crippen LogP contribution in [-0.2, 0) is 19.1 Å². The third-order valence-electron chi connectivity index (χ3n) is 2.79. The Labute approximate surface area is 135 Å². The van der Waals surface area contributed by atoms with Gasteiger partial charge in [0, 0.05) is 5.56 Å². The zero-order valence-corrected chi connectivity index (χ0v) is 13.6. The molecule has 1 aromatic carbocycles. The average molecular weight is 317 g/mol. The molecule has 0 saturated carbocycles. The molecule has 0 aliphatic carbocycles. The van der Waals surface area contributed by atoms with E-state index in [9.17, 15) is 4.79 Å². The molecule has 122 valence electrons. The molecule has 0 aliphatic heterocycles. The Morgan fingerprint density at radius 3 is 2.74 bits per heavy atom. The molecule has 0 heterocycles. The average Bonchev–Trinajstić information content (AvgIpc) is 2.55. The van der Waals surface area contributed by atoms with E-state index in [-0.39, 0.29) is 12.4 Å². The molecule has 1 aromatic rings. The van der Waals surface area contributed by atoms with Crippen molar-refractivity contribution in [3.63, 3.8) is 0 Å². The quantitative estimate of drug-likeness (QED) is 0.147. The number of aryl methyl sites for hydroxylation is 1. The van der Waals surface area contributed by atoms with Gasteiger partial charge in [-0.1, -0.05) is 23.2 Å². The van der Waals surface area contributed by atoms with Gasteiger partial charge in [0.25, 0.3) is 0 Å². The summed E-state index contributed by atoms with van der Waals surface area (Å²) in [6.07, 6.45) is 6.27. The number of esters is 1. The van der Waals surface area contributed by atoms with Gasteiger partial charge in [-0.05, 0) is 25.5 Å². The first-order valence-electron chi connectivity index (χ1n) is 6.73. The number of benzene rings is 1. The van der Waals surface area contributed by atoms with E-state index in [1.165, 1.54) is 20.5 Å². The van der Waals surface area contributed by atoms with Crippen molar-refractivity contribution in [3.05, 3.63) is 41.3 Å². The highest BCUT2D eigenvalue weighted by Crippen LogP contribution is 2.23. The van der Waals surface area contributed by atoms with E-state index in [1.807, 2.05) is 19.1 Å². The van der Waals surface area contributed by atoms with E-state index >= 15 is 0 Å². The van der Waals surface area contributed by atoms with Crippen molar-refractivity contribution in [2.75, 3.05) is 20.8 Å². The second kappa shape index (κ2) is 9.15. The van der Waals surface area contributed by atoms with Gasteiger partial charge in [0.1, 0.15) is 12.0 Å². The Hall–Kier alpha value is -2.94. The van der Waals surface area contributed by atoms with Crippen LogP contribution in [-0.4, -0.2) is 32.5 Å². The van der Waals surface area contributed by atoms with Crippen LogP contribution in [0, 0.1) is 19.3 Å². The monoisotopic (exact) mass is 317 g/mol. The molecule has 0 unspecified atom stereocenters. The molecule has 0 saturated heterocycles. The summed E-state index contributed by atoms with van der Waals surface area (Å²) >= 11 is 0. The SMILES string of the molecule is C#CCON=C(C)c1ccc(C)c(OC(=COC)C(=O)OC)c1. The minimum absolute atomic E-state index is 0.0616. The minimum atomic E-state index is -0.639. The first-order chi connectivity index (χ1) is 11.0. The number of terminal acetylenes is 1. The lowest BCUT2D eigenvalue weighted by Crippen LogP contribution is -2.12. The summed E-state index contributed by atoms with van der Waals surface area (Å²) in [5.41, 5.74) is 2.22. The van der Waals surface area contributed by atoms with Crippen LogP contribution in [0.5, 0.6) is 5.75 Å². The van der Waals surface area contributed by atoms with Crippen molar-refractivity contribution < 1.29 is 23.8 Å². The molecule has 6 nitrogen and oxygen atoms in total. The topological polar surface area (TPSA) is 66.3 Å². The van der Waals surface area contributed by atoms with Gasteiger partial charge in [-0.15, -0.1) is 6.42 Å². The first-order valence-corrected chi connectivity index (χ1v) is 6.73. The van der Waals surface area contributed by atoms with Crippen LogP contribution in [0.4, 0.5) is 0 Å². The Kier molecular flexibility index (Phi) is 7.21. The lowest BCUT2D eigenvalue weighted by atomic mass is 10.1. The summed E-state index contributed by atoms with van der Waals surface area (Å²) in [7, 11) is 2.67. The fourth-order valence-corrected chi connectivity index (χ4v) is 1.59. The third-order valence-corrected chi connectivity index (χ3v) is 2.79. The number of carbonyl (C=O) groups excluding carboxylic acids is 1. The van der Waals surface area contributed by atoms with Crippen LogP contribution in [0.2, 0.25) is 0 Å². The van der Waals surface area contributed by atoms with E-state index in [0.717, 1.165) is 11.1 Å². The van der Waals surface area contributed by atoms with Crippen molar-refractivity contribution >= 4 is 11.7 Å². The van der Waals surface area contributed by atoms with Crippen LogP contribution in [0.25, 0.3) is 0 Å². The smallest absolute Gasteiger partial charge is 0.377 e. The molecule has 0 spiro atoms. The summed E-state index contributed by atoms with van der Waals surface area (Å²) < 4.78 is 15.1. The molecule has 1 rings (SSSR count). The van der Waals surface area contributed by atoms with E-state index in [1.54, 1.807) is 13.0 Å². The van der Waals surface area contributed by atoms with E-state index in [4.69, 9.17) is 20.7 Å². The predicted octanol–water partition coefficient (Wildman–Crippen LogP) is 2.41. The number of hydrogen-bond acceptors (Lipinski definition) is 6. The Morgan fingerprint density at radius 1 is 1.39 bits per heavy atom. The summed E-state index contributed by atoms with van der Waals surface area (Å²) in [5, 5.41) is 3.91. The van der Waals surface area contributed by atoms with Crippen LogP contribution in [0.15, 0.2) is 35.4 Å². The Morgan fingerprint density at radius 2 is 2.13 bits per heavy atom. The number of oxime groups is 1. The molecular weight excluding hydrogens is 298 g/mol. The van der Waals surface area contributed by atoms with Gasteiger partial charge >= 0.3 is 5.97 Å². The van der Waals surface area contributed by atoms with Crippen molar-refractivity contribution in [1.82, 2.24) is 0 Å². The molecule has 6 heteroatoms. The van der Waals surface area contributed by atoms with Crippen LogP contribution < -0.4 is 4.74 Å². The second-order valence-corrected chi connectivity index (χ2v) is 4.45. The largest absolute Gasteiger partial charge is 0.500 e. The Balaban J connectivity index is 3.06. The van der Waals surface area contributed by atoms with E-state index < -0.39 is 5.97 Å². The molecular formula is C17H19NO5. The molecule has 0 bridgehead atoms. The summed E-state index contributed by atoms with van der Waals surface area (Å²) in [6, 6.07) is 5.44. The van der Waals surface area contributed by atoms with Gasteiger partial charge in [-0.3, -0.25) is 0 Å². The lowest BCUT2D eigenvalue weighted by Gasteiger charge is -2.12. The molecule has 0 fully saturated rings. The molecule has 0 radical (unpaired) electrons. The van der Waals surface area contributed by atoms with Gasteiger partial charge in [0.15, 0.2) is 6.61 Å². The van der Waals surface area contributed by atoms with Crippen molar-refractivity contribution in [2.45, 2.75) is 13.8 Å². The molecule has 0 aliphatic rings. The van der Waals surface area contributed by atoms with Gasteiger partial charge < -0.3 is 19.0 Å².